The highest BCUT2D eigenvalue weighted by molar-refractivity contribution is 5.94. The average Bonchev–Trinajstić information content (AvgIpc) is 3.20. The lowest BCUT2D eigenvalue weighted by Gasteiger charge is -2.30. The van der Waals surface area contributed by atoms with Crippen molar-refractivity contribution in [3.05, 3.63) is 46.8 Å². The standard InChI is InChI=1S/C20H26N4O.ClH/c1-13-8-10-15(11-9-13)24-18-7-3-5-16(18)19(23-24)20(25)22-17-6-4-12-21-14(17)2;/h8-11,14,17,21H,3-7,12H2,1-2H3,(H,22,25);1H. The van der Waals surface area contributed by atoms with Crippen LogP contribution in [0.2, 0.25) is 0 Å². The van der Waals surface area contributed by atoms with Crippen LogP contribution in [0.15, 0.2) is 24.3 Å². The van der Waals surface area contributed by atoms with Crippen molar-refractivity contribution >= 4 is 18.3 Å². The van der Waals surface area contributed by atoms with E-state index >= 15 is 0 Å². The summed E-state index contributed by atoms with van der Waals surface area (Å²) in [5, 5.41) is 11.4. The first-order valence-electron chi connectivity index (χ1n) is 9.35. The van der Waals surface area contributed by atoms with Crippen LogP contribution in [0.3, 0.4) is 0 Å². The van der Waals surface area contributed by atoms with Crippen LogP contribution in [0.4, 0.5) is 0 Å². The molecule has 2 N–H and O–H groups in total. The highest BCUT2D eigenvalue weighted by atomic mass is 35.5. The maximum atomic E-state index is 12.9. The largest absolute Gasteiger partial charge is 0.346 e. The number of hydrogen-bond acceptors (Lipinski definition) is 3. The van der Waals surface area contributed by atoms with Gasteiger partial charge in [-0.15, -0.1) is 12.4 Å². The number of rotatable bonds is 3. The van der Waals surface area contributed by atoms with Gasteiger partial charge in [-0.25, -0.2) is 4.68 Å². The fourth-order valence-electron chi connectivity index (χ4n) is 4.00. The summed E-state index contributed by atoms with van der Waals surface area (Å²) < 4.78 is 1.97. The van der Waals surface area contributed by atoms with E-state index in [-0.39, 0.29) is 24.4 Å². The Balaban J connectivity index is 0.00000196. The third kappa shape index (κ3) is 3.51. The van der Waals surface area contributed by atoms with Gasteiger partial charge in [-0.1, -0.05) is 17.7 Å². The van der Waals surface area contributed by atoms with Crippen molar-refractivity contribution in [1.82, 2.24) is 20.4 Å². The molecular formula is C20H27ClN4O. The van der Waals surface area contributed by atoms with Crippen LogP contribution in [-0.4, -0.2) is 34.3 Å². The number of nitrogens with zero attached hydrogens (tertiary/aromatic N) is 2. The second kappa shape index (κ2) is 7.80. The van der Waals surface area contributed by atoms with Gasteiger partial charge >= 0.3 is 0 Å². The van der Waals surface area contributed by atoms with Gasteiger partial charge in [0.25, 0.3) is 5.91 Å². The molecule has 0 radical (unpaired) electrons. The Morgan fingerprint density at radius 2 is 2.00 bits per heavy atom. The Labute approximate surface area is 161 Å². The zero-order chi connectivity index (χ0) is 17.4. The second-order valence-electron chi connectivity index (χ2n) is 7.34. The van der Waals surface area contributed by atoms with Crippen molar-refractivity contribution in [3.63, 3.8) is 0 Å². The van der Waals surface area contributed by atoms with Gasteiger partial charge < -0.3 is 10.6 Å². The molecule has 1 amide bonds. The van der Waals surface area contributed by atoms with E-state index in [1.54, 1.807) is 0 Å². The molecule has 0 saturated carbocycles. The Bertz CT molecular complexity index is 784. The maximum absolute atomic E-state index is 12.9. The van der Waals surface area contributed by atoms with Crippen LogP contribution in [0.5, 0.6) is 0 Å². The Hall–Kier alpha value is -1.85. The van der Waals surface area contributed by atoms with Crippen LogP contribution in [0.25, 0.3) is 5.69 Å². The van der Waals surface area contributed by atoms with Crippen molar-refractivity contribution in [2.75, 3.05) is 6.54 Å². The summed E-state index contributed by atoms with van der Waals surface area (Å²) in [7, 11) is 0. The van der Waals surface area contributed by atoms with Crippen LogP contribution < -0.4 is 10.6 Å². The summed E-state index contributed by atoms with van der Waals surface area (Å²) in [5.41, 5.74) is 5.21. The predicted molar refractivity (Wildman–Crippen MR) is 106 cm³/mol. The van der Waals surface area contributed by atoms with E-state index in [0.717, 1.165) is 49.9 Å². The molecule has 1 aliphatic carbocycles. The molecule has 1 aliphatic heterocycles. The molecule has 2 unspecified atom stereocenters. The number of fused-ring (bicyclic) bond motifs is 1. The van der Waals surface area contributed by atoms with E-state index in [9.17, 15) is 4.79 Å². The highest BCUT2D eigenvalue weighted by Crippen LogP contribution is 2.28. The first kappa shape index (κ1) is 18.9. The molecule has 1 saturated heterocycles. The lowest BCUT2D eigenvalue weighted by Crippen LogP contribution is -2.52. The molecule has 1 aromatic carbocycles. The van der Waals surface area contributed by atoms with E-state index in [2.05, 4.69) is 48.7 Å². The molecule has 2 aliphatic rings. The fourth-order valence-corrected chi connectivity index (χ4v) is 4.00. The van der Waals surface area contributed by atoms with Crippen LogP contribution in [0.1, 0.15) is 53.5 Å². The molecule has 2 aromatic rings. The molecule has 1 fully saturated rings. The van der Waals surface area contributed by atoms with E-state index in [0.29, 0.717) is 11.7 Å². The molecule has 2 heterocycles. The highest BCUT2D eigenvalue weighted by Gasteiger charge is 2.29. The quantitative estimate of drug-likeness (QED) is 0.868. The van der Waals surface area contributed by atoms with Crippen LogP contribution >= 0.6 is 12.4 Å². The number of aromatic nitrogens is 2. The van der Waals surface area contributed by atoms with E-state index in [4.69, 9.17) is 5.10 Å². The van der Waals surface area contributed by atoms with Gasteiger partial charge in [-0.3, -0.25) is 4.79 Å². The van der Waals surface area contributed by atoms with Gasteiger partial charge in [0.15, 0.2) is 5.69 Å². The van der Waals surface area contributed by atoms with E-state index in [1.807, 2.05) is 4.68 Å². The van der Waals surface area contributed by atoms with E-state index < -0.39 is 0 Å². The Morgan fingerprint density at radius 3 is 2.73 bits per heavy atom. The number of amides is 1. The zero-order valence-electron chi connectivity index (χ0n) is 15.4. The number of benzene rings is 1. The molecular weight excluding hydrogens is 348 g/mol. The minimum absolute atomic E-state index is 0. The summed E-state index contributed by atoms with van der Waals surface area (Å²) in [6.45, 7) is 5.25. The second-order valence-corrected chi connectivity index (χ2v) is 7.34. The predicted octanol–water partition coefficient (Wildman–Crippen LogP) is 2.96. The molecule has 2 atom stereocenters. The van der Waals surface area contributed by atoms with Crippen LogP contribution in [-0.2, 0) is 12.8 Å². The van der Waals surface area contributed by atoms with Gasteiger partial charge in [0, 0.05) is 23.3 Å². The molecule has 26 heavy (non-hydrogen) atoms. The van der Waals surface area contributed by atoms with Gasteiger partial charge in [0.05, 0.1) is 5.69 Å². The van der Waals surface area contributed by atoms with Gasteiger partial charge in [-0.2, -0.15) is 5.10 Å². The number of hydrogen-bond donors (Lipinski definition) is 2. The minimum atomic E-state index is -0.0236. The number of nitrogens with one attached hydrogen (secondary N) is 2. The first-order chi connectivity index (χ1) is 12.1. The summed E-state index contributed by atoms with van der Waals surface area (Å²) in [5.74, 6) is -0.0236. The molecule has 1 aromatic heterocycles. The van der Waals surface area contributed by atoms with E-state index in [1.165, 1.54) is 11.3 Å². The van der Waals surface area contributed by atoms with Crippen molar-refractivity contribution in [1.29, 1.82) is 0 Å². The molecule has 0 bridgehead atoms. The molecule has 4 rings (SSSR count). The van der Waals surface area contributed by atoms with Gasteiger partial charge in [-0.05, 0) is 64.6 Å². The van der Waals surface area contributed by atoms with Crippen molar-refractivity contribution in [3.8, 4) is 5.69 Å². The smallest absolute Gasteiger partial charge is 0.272 e. The molecule has 6 heteroatoms. The Kier molecular flexibility index (Phi) is 5.68. The number of carbonyl (C=O) groups excluding carboxylic acids is 1. The summed E-state index contributed by atoms with van der Waals surface area (Å²) in [4.78, 5) is 12.9. The third-order valence-electron chi connectivity index (χ3n) is 5.50. The number of carbonyl (C=O) groups is 1. The average molecular weight is 375 g/mol. The summed E-state index contributed by atoms with van der Waals surface area (Å²) >= 11 is 0. The zero-order valence-corrected chi connectivity index (χ0v) is 16.2. The monoisotopic (exact) mass is 374 g/mol. The van der Waals surface area contributed by atoms with Crippen molar-refractivity contribution in [2.45, 2.75) is 58.0 Å². The topological polar surface area (TPSA) is 59.0 Å². The molecule has 5 nitrogen and oxygen atoms in total. The van der Waals surface area contributed by atoms with Gasteiger partial charge in [0.1, 0.15) is 0 Å². The molecule has 0 spiro atoms. The van der Waals surface area contributed by atoms with Crippen molar-refractivity contribution < 1.29 is 4.79 Å². The maximum Gasteiger partial charge on any atom is 0.272 e. The van der Waals surface area contributed by atoms with Crippen molar-refractivity contribution in [2.24, 2.45) is 0 Å². The van der Waals surface area contributed by atoms with Gasteiger partial charge in [0.2, 0.25) is 0 Å². The van der Waals surface area contributed by atoms with Crippen LogP contribution in [0, 0.1) is 6.92 Å². The number of halogens is 1. The lowest BCUT2D eigenvalue weighted by atomic mass is 9.99. The fraction of sp³-hybridized carbons (Fsp3) is 0.500. The molecule has 140 valence electrons. The normalized spacial score (nSPS) is 21.8. The third-order valence-corrected chi connectivity index (χ3v) is 5.50. The minimum Gasteiger partial charge on any atom is -0.346 e. The first-order valence-corrected chi connectivity index (χ1v) is 9.35. The number of aryl methyl sites for hydroxylation is 1. The Morgan fingerprint density at radius 1 is 1.23 bits per heavy atom. The summed E-state index contributed by atoms with van der Waals surface area (Å²) in [6, 6.07) is 8.83. The number of piperidine rings is 1. The summed E-state index contributed by atoms with van der Waals surface area (Å²) in [6.07, 6.45) is 5.17. The lowest BCUT2D eigenvalue weighted by molar-refractivity contribution is 0.0913. The SMILES string of the molecule is Cc1ccc(-n2nc(C(=O)NC3CCCNC3C)c3c2CCC3)cc1.Cl.